The highest BCUT2D eigenvalue weighted by Crippen LogP contribution is 2.33. The van der Waals surface area contributed by atoms with E-state index in [0.717, 1.165) is 25.3 Å². The maximum absolute atomic E-state index is 14.2. The Hall–Kier alpha value is -1.07. The zero-order valence-corrected chi connectivity index (χ0v) is 17.3. The third kappa shape index (κ3) is 7.82. The molecule has 1 aromatic rings. The van der Waals surface area contributed by atoms with E-state index < -0.39 is 23.2 Å². The van der Waals surface area contributed by atoms with Crippen molar-refractivity contribution in [2.45, 2.75) is 84.8 Å². The Morgan fingerprint density at radius 1 is 0.815 bits per heavy atom. The molecule has 0 fully saturated rings. The van der Waals surface area contributed by atoms with E-state index in [1.807, 2.05) is 20.8 Å². The lowest BCUT2D eigenvalue weighted by molar-refractivity contribution is -0.253. The molecule has 0 saturated heterocycles. The Morgan fingerprint density at radius 2 is 1.37 bits per heavy atom. The molecule has 0 aliphatic rings. The van der Waals surface area contributed by atoms with Crippen molar-refractivity contribution in [2.75, 3.05) is 13.2 Å². The molecule has 156 valence electrons. The fourth-order valence-corrected chi connectivity index (χ4v) is 3.56. The molecule has 0 aromatic heterocycles. The van der Waals surface area contributed by atoms with Gasteiger partial charge in [-0.05, 0) is 45.2 Å². The van der Waals surface area contributed by atoms with Gasteiger partial charge in [0.05, 0.1) is 0 Å². The first-order valence-corrected chi connectivity index (χ1v) is 10.3. The highest BCUT2D eigenvalue weighted by Gasteiger charge is 2.36. The molecule has 0 saturated carbocycles. The standard InChI is InChI=1S/C22H35F3O2/c1-5-8-9-10-11-12-13-18(22(4,26-6-2)27-7-3)14-17-15-20(24)21(25)16-19(17)23/h15-16,18H,5-14H2,1-4H3. The lowest BCUT2D eigenvalue weighted by atomic mass is 9.86. The van der Waals surface area contributed by atoms with Gasteiger partial charge in [-0.25, -0.2) is 13.2 Å². The highest BCUT2D eigenvalue weighted by atomic mass is 19.2. The minimum atomic E-state index is -1.17. The molecule has 0 spiro atoms. The van der Waals surface area contributed by atoms with E-state index in [9.17, 15) is 13.2 Å². The van der Waals surface area contributed by atoms with Gasteiger partial charge in [0, 0.05) is 25.2 Å². The Bertz CT molecular complexity index is 543. The van der Waals surface area contributed by atoms with Crippen LogP contribution in [-0.2, 0) is 15.9 Å². The average molecular weight is 389 g/mol. The van der Waals surface area contributed by atoms with Crippen molar-refractivity contribution in [3.63, 3.8) is 0 Å². The maximum Gasteiger partial charge on any atom is 0.168 e. The third-order valence-electron chi connectivity index (χ3n) is 5.07. The molecule has 0 bridgehead atoms. The Balaban J connectivity index is 2.90. The number of rotatable bonds is 14. The fourth-order valence-electron chi connectivity index (χ4n) is 3.56. The maximum atomic E-state index is 14.2. The van der Waals surface area contributed by atoms with Gasteiger partial charge >= 0.3 is 0 Å². The summed E-state index contributed by atoms with van der Waals surface area (Å²) in [7, 11) is 0. The second-order valence-corrected chi connectivity index (χ2v) is 7.20. The topological polar surface area (TPSA) is 18.5 Å². The first kappa shape index (κ1) is 24.0. The average Bonchev–Trinajstić information content (AvgIpc) is 2.61. The largest absolute Gasteiger partial charge is 0.350 e. The van der Waals surface area contributed by atoms with Crippen LogP contribution < -0.4 is 0 Å². The van der Waals surface area contributed by atoms with E-state index in [1.54, 1.807) is 0 Å². The van der Waals surface area contributed by atoms with Crippen LogP contribution in [0.1, 0.15) is 78.2 Å². The van der Waals surface area contributed by atoms with Crippen LogP contribution in [0.3, 0.4) is 0 Å². The summed E-state index contributed by atoms with van der Waals surface area (Å²) in [6.07, 6.45) is 7.90. The molecule has 0 aliphatic carbocycles. The van der Waals surface area contributed by atoms with E-state index >= 15 is 0 Å². The Kier molecular flexibility index (Phi) is 11.0. The molecular formula is C22H35F3O2. The van der Waals surface area contributed by atoms with Gasteiger partial charge in [0.15, 0.2) is 17.4 Å². The molecule has 0 N–H and O–H groups in total. The molecule has 27 heavy (non-hydrogen) atoms. The van der Waals surface area contributed by atoms with E-state index in [1.165, 1.54) is 25.7 Å². The molecular weight excluding hydrogens is 353 g/mol. The Morgan fingerprint density at radius 3 is 1.96 bits per heavy atom. The monoisotopic (exact) mass is 388 g/mol. The number of unbranched alkanes of at least 4 members (excludes halogenated alkanes) is 5. The van der Waals surface area contributed by atoms with Crippen molar-refractivity contribution in [2.24, 2.45) is 5.92 Å². The summed E-state index contributed by atoms with van der Waals surface area (Å²) in [5, 5.41) is 0. The quantitative estimate of drug-likeness (QED) is 0.198. The van der Waals surface area contributed by atoms with Crippen LogP contribution in [0.5, 0.6) is 0 Å². The molecule has 0 radical (unpaired) electrons. The second-order valence-electron chi connectivity index (χ2n) is 7.20. The number of hydrogen-bond donors (Lipinski definition) is 0. The van der Waals surface area contributed by atoms with Gasteiger partial charge in [-0.2, -0.15) is 0 Å². The van der Waals surface area contributed by atoms with Crippen molar-refractivity contribution in [3.05, 3.63) is 35.1 Å². The Labute approximate surface area is 162 Å². The lowest BCUT2D eigenvalue weighted by Crippen LogP contribution is -2.42. The zero-order chi connectivity index (χ0) is 20.3. The second kappa shape index (κ2) is 12.4. The molecule has 0 aliphatic heterocycles. The molecule has 1 rings (SSSR count). The minimum Gasteiger partial charge on any atom is -0.350 e. The van der Waals surface area contributed by atoms with Crippen LogP contribution in [0.2, 0.25) is 0 Å². The van der Waals surface area contributed by atoms with Gasteiger partial charge in [0.25, 0.3) is 0 Å². The van der Waals surface area contributed by atoms with Crippen LogP contribution in [-0.4, -0.2) is 19.0 Å². The van der Waals surface area contributed by atoms with Crippen LogP contribution in [0.25, 0.3) is 0 Å². The molecule has 1 atom stereocenters. The third-order valence-corrected chi connectivity index (χ3v) is 5.07. The molecule has 5 heteroatoms. The van der Waals surface area contributed by atoms with Crippen LogP contribution in [0.15, 0.2) is 12.1 Å². The van der Waals surface area contributed by atoms with Crippen LogP contribution in [0, 0.1) is 23.4 Å². The van der Waals surface area contributed by atoms with Gasteiger partial charge in [-0.1, -0.05) is 45.4 Å². The molecule has 1 aromatic carbocycles. The van der Waals surface area contributed by atoms with Crippen molar-refractivity contribution < 1.29 is 22.6 Å². The van der Waals surface area contributed by atoms with Crippen LogP contribution >= 0.6 is 0 Å². The summed E-state index contributed by atoms with van der Waals surface area (Å²) >= 11 is 0. The van der Waals surface area contributed by atoms with Gasteiger partial charge in [-0.15, -0.1) is 0 Å². The molecule has 0 amide bonds. The molecule has 0 heterocycles. The normalized spacial score (nSPS) is 13.1. The van der Waals surface area contributed by atoms with Crippen molar-refractivity contribution in [1.82, 2.24) is 0 Å². The number of benzene rings is 1. The zero-order valence-electron chi connectivity index (χ0n) is 17.3. The minimum absolute atomic E-state index is 0.150. The van der Waals surface area contributed by atoms with Gasteiger partial charge in [0.2, 0.25) is 0 Å². The first-order chi connectivity index (χ1) is 12.9. The van der Waals surface area contributed by atoms with Crippen molar-refractivity contribution in [3.8, 4) is 0 Å². The fraction of sp³-hybridized carbons (Fsp3) is 0.727. The molecule has 2 nitrogen and oxygen atoms in total. The number of hydrogen-bond acceptors (Lipinski definition) is 2. The lowest BCUT2D eigenvalue weighted by Gasteiger charge is -2.37. The SMILES string of the molecule is CCCCCCCCC(Cc1cc(F)c(F)cc1F)C(C)(OCC)OCC. The molecule has 1 unspecified atom stereocenters. The highest BCUT2D eigenvalue weighted by molar-refractivity contribution is 5.21. The van der Waals surface area contributed by atoms with Gasteiger partial charge < -0.3 is 9.47 Å². The summed E-state index contributed by atoms with van der Waals surface area (Å²) in [6.45, 7) is 8.74. The van der Waals surface area contributed by atoms with E-state index in [0.29, 0.717) is 19.3 Å². The first-order valence-electron chi connectivity index (χ1n) is 10.3. The summed E-state index contributed by atoms with van der Waals surface area (Å²) in [4.78, 5) is 0. The van der Waals surface area contributed by atoms with Gasteiger partial charge in [-0.3, -0.25) is 0 Å². The van der Waals surface area contributed by atoms with Gasteiger partial charge in [0.1, 0.15) is 5.82 Å². The summed E-state index contributed by atoms with van der Waals surface area (Å²) in [5.74, 6) is -3.95. The summed E-state index contributed by atoms with van der Waals surface area (Å²) in [6, 6.07) is 1.57. The number of ether oxygens (including phenoxy) is 2. The van der Waals surface area contributed by atoms with Crippen molar-refractivity contribution >= 4 is 0 Å². The van der Waals surface area contributed by atoms with E-state index in [-0.39, 0.29) is 17.9 Å². The predicted molar refractivity (Wildman–Crippen MR) is 103 cm³/mol. The van der Waals surface area contributed by atoms with Crippen molar-refractivity contribution in [1.29, 1.82) is 0 Å². The van der Waals surface area contributed by atoms with E-state index in [2.05, 4.69) is 6.92 Å². The summed E-state index contributed by atoms with van der Waals surface area (Å²) < 4.78 is 52.8. The summed E-state index contributed by atoms with van der Waals surface area (Å²) in [5.41, 5.74) is 0.163. The smallest absolute Gasteiger partial charge is 0.168 e. The van der Waals surface area contributed by atoms with Crippen LogP contribution in [0.4, 0.5) is 13.2 Å². The number of halogens is 3. The predicted octanol–water partition coefficient (Wildman–Crippen LogP) is 6.80. The van der Waals surface area contributed by atoms with E-state index in [4.69, 9.17) is 9.47 Å².